The summed E-state index contributed by atoms with van der Waals surface area (Å²) >= 11 is 0. The van der Waals surface area contributed by atoms with Crippen LogP contribution in [0.1, 0.15) is 0 Å². The summed E-state index contributed by atoms with van der Waals surface area (Å²) in [6, 6.07) is 66.4. The minimum atomic E-state index is 0.911. The van der Waals surface area contributed by atoms with Crippen LogP contribution in [0, 0.1) is 0 Å². The second kappa shape index (κ2) is 10.9. The molecule has 1 aromatic heterocycles. The summed E-state index contributed by atoms with van der Waals surface area (Å²) in [5, 5.41) is 14.8. The van der Waals surface area contributed by atoms with Gasteiger partial charge in [-0.05, 0) is 118 Å². The lowest BCUT2D eigenvalue weighted by Gasteiger charge is -2.18. The fraction of sp³-hybridized carbons (Fsp3) is 0. The highest BCUT2D eigenvalue weighted by Crippen LogP contribution is 2.45. The molecule has 0 fully saturated rings. The normalized spacial score (nSPS) is 11.9. The summed E-state index contributed by atoms with van der Waals surface area (Å²) in [7, 11) is 0. The molecule has 0 aliphatic carbocycles. The average molecular weight is 647 g/mol. The van der Waals surface area contributed by atoms with Crippen LogP contribution in [0.2, 0.25) is 0 Å². The first-order valence-corrected chi connectivity index (χ1v) is 17.6. The van der Waals surface area contributed by atoms with Gasteiger partial charge in [0, 0.05) is 10.8 Å². The molecule has 1 heteroatoms. The van der Waals surface area contributed by atoms with E-state index in [2.05, 4.69) is 182 Å². The van der Waals surface area contributed by atoms with Crippen molar-refractivity contribution in [3.8, 4) is 33.4 Å². The summed E-state index contributed by atoms with van der Waals surface area (Å²) in [6.07, 6.45) is 0. The zero-order chi connectivity index (χ0) is 33.5. The van der Waals surface area contributed by atoms with Crippen molar-refractivity contribution in [3.05, 3.63) is 182 Å². The second-order valence-electron chi connectivity index (χ2n) is 13.6. The molecule has 0 saturated carbocycles. The maximum atomic E-state index is 6.38. The Bertz CT molecular complexity index is 3120. The zero-order valence-corrected chi connectivity index (χ0v) is 27.7. The summed E-state index contributed by atoms with van der Waals surface area (Å²) in [6.45, 7) is 0. The smallest absolute Gasteiger partial charge is 0.136 e. The lowest BCUT2D eigenvalue weighted by molar-refractivity contribution is 0.669. The van der Waals surface area contributed by atoms with Crippen molar-refractivity contribution in [2.45, 2.75) is 0 Å². The fourth-order valence-electron chi connectivity index (χ4n) is 8.38. The Morgan fingerprint density at radius 1 is 0.235 bits per heavy atom. The SMILES string of the molecule is c1ccc2cc3c(cc2c1)oc1ccc(-c2c4ccccc4c(-c4ccc(-c5ccc6ccc7ccccc7c6c5)cc4)c4ccccc24)cc13. The van der Waals surface area contributed by atoms with Gasteiger partial charge in [0.1, 0.15) is 11.2 Å². The number of furan rings is 1. The van der Waals surface area contributed by atoms with Gasteiger partial charge in [0.2, 0.25) is 0 Å². The van der Waals surface area contributed by atoms with E-state index in [-0.39, 0.29) is 0 Å². The Kier molecular flexibility index (Phi) is 6.02. The van der Waals surface area contributed by atoms with Gasteiger partial charge in [0.15, 0.2) is 0 Å². The largest absolute Gasteiger partial charge is 0.456 e. The molecule has 0 saturated heterocycles. The quantitative estimate of drug-likeness (QED) is 0.138. The van der Waals surface area contributed by atoms with Crippen LogP contribution < -0.4 is 0 Å². The maximum Gasteiger partial charge on any atom is 0.136 e. The monoisotopic (exact) mass is 646 g/mol. The maximum absolute atomic E-state index is 6.38. The molecule has 236 valence electrons. The van der Waals surface area contributed by atoms with E-state index in [0.29, 0.717) is 0 Å². The van der Waals surface area contributed by atoms with E-state index < -0.39 is 0 Å². The van der Waals surface area contributed by atoms with E-state index in [1.807, 2.05) is 0 Å². The number of hydrogen-bond acceptors (Lipinski definition) is 1. The van der Waals surface area contributed by atoms with Gasteiger partial charge in [0.05, 0.1) is 0 Å². The third-order valence-corrected chi connectivity index (χ3v) is 10.8. The molecule has 11 aromatic rings. The highest BCUT2D eigenvalue weighted by Gasteiger charge is 2.18. The highest BCUT2D eigenvalue weighted by molar-refractivity contribution is 6.22. The predicted molar refractivity (Wildman–Crippen MR) is 218 cm³/mol. The lowest BCUT2D eigenvalue weighted by atomic mass is 9.85. The van der Waals surface area contributed by atoms with Crippen LogP contribution in [0.25, 0.3) is 109 Å². The number of fused-ring (bicyclic) bond motifs is 9. The first-order valence-electron chi connectivity index (χ1n) is 17.6. The van der Waals surface area contributed by atoms with Crippen molar-refractivity contribution < 1.29 is 4.42 Å². The summed E-state index contributed by atoms with van der Waals surface area (Å²) in [5.74, 6) is 0. The molecule has 10 aromatic carbocycles. The number of hydrogen-bond donors (Lipinski definition) is 0. The molecule has 0 bridgehead atoms. The Balaban J connectivity index is 1.08. The van der Waals surface area contributed by atoms with Gasteiger partial charge in [-0.25, -0.2) is 0 Å². The Morgan fingerprint density at radius 3 is 1.37 bits per heavy atom. The van der Waals surface area contributed by atoms with E-state index >= 15 is 0 Å². The topological polar surface area (TPSA) is 13.1 Å². The third kappa shape index (κ3) is 4.35. The second-order valence-corrected chi connectivity index (χ2v) is 13.6. The molecular formula is C50H30O. The molecule has 11 rings (SSSR count). The Hall–Kier alpha value is -6.70. The molecule has 1 nitrogen and oxygen atoms in total. The zero-order valence-electron chi connectivity index (χ0n) is 27.7. The number of rotatable bonds is 3. The lowest BCUT2D eigenvalue weighted by Crippen LogP contribution is -1.91. The summed E-state index contributed by atoms with van der Waals surface area (Å²) < 4.78 is 6.38. The minimum Gasteiger partial charge on any atom is -0.456 e. The molecule has 1 heterocycles. The van der Waals surface area contributed by atoms with Crippen LogP contribution in [0.3, 0.4) is 0 Å². The van der Waals surface area contributed by atoms with Crippen LogP contribution in [0.15, 0.2) is 186 Å². The van der Waals surface area contributed by atoms with E-state index in [9.17, 15) is 0 Å². The predicted octanol–water partition coefficient (Wildman–Crippen LogP) is 14.4. The third-order valence-electron chi connectivity index (χ3n) is 10.8. The van der Waals surface area contributed by atoms with E-state index in [4.69, 9.17) is 4.42 Å². The van der Waals surface area contributed by atoms with Gasteiger partial charge in [-0.15, -0.1) is 0 Å². The fourth-order valence-corrected chi connectivity index (χ4v) is 8.38. The molecule has 0 spiro atoms. The standard InChI is InChI=1S/C50H30O/c1-2-11-36-30-48-46(28-35(36)10-1)45-29-38(25-26-47(45)51-48)50-42-15-7-5-13-40(42)49(41-14-6-8-16-43(41)50)34-22-17-31(18-23-34)37-24-21-33-20-19-32-9-3-4-12-39(32)44(33)27-37/h1-30H. The molecule has 0 aliphatic rings. The molecular weight excluding hydrogens is 617 g/mol. The number of benzene rings is 10. The van der Waals surface area contributed by atoms with Crippen LogP contribution in [-0.2, 0) is 0 Å². The van der Waals surface area contributed by atoms with Crippen LogP contribution in [0.5, 0.6) is 0 Å². The molecule has 0 aliphatic heterocycles. The van der Waals surface area contributed by atoms with Crippen molar-refractivity contribution in [1.29, 1.82) is 0 Å². The average Bonchev–Trinajstić information content (AvgIpc) is 3.55. The molecule has 0 N–H and O–H groups in total. The minimum absolute atomic E-state index is 0.911. The molecule has 0 unspecified atom stereocenters. The molecule has 51 heavy (non-hydrogen) atoms. The Morgan fingerprint density at radius 2 is 0.686 bits per heavy atom. The van der Waals surface area contributed by atoms with Crippen LogP contribution in [0.4, 0.5) is 0 Å². The van der Waals surface area contributed by atoms with E-state index in [1.165, 1.54) is 87.2 Å². The van der Waals surface area contributed by atoms with Crippen molar-refractivity contribution in [2.24, 2.45) is 0 Å². The highest BCUT2D eigenvalue weighted by atomic mass is 16.3. The van der Waals surface area contributed by atoms with Crippen LogP contribution >= 0.6 is 0 Å². The first kappa shape index (κ1) is 28.2. The van der Waals surface area contributed by atoms with Gasteiger partial charge < -0.3 is 4.42 Å². The van der Waals surface area contributed by atoms with Gasteiger partial charge in [0.25, 0.3) is 0 Å². The van der Waals surface area contributed by atoms with E-state index in [1.54, 1.807) is 0 Å². The van der Waals surface area contributed by atoms with Gasteiger partial charge >= 0.3 is 0 Å². The van der Waals surface area contributed by atoms with Gasteiger partial charge in [-0.3, -0.25) is 0 Å². The summed E-state index contributed by atoms with van der Waals surface area (Å²) in [4.78, 5) is 0. The van der Waals surface area contributed by atoms with E-state index in [0.717, 1.165) is 21.9 Å². The van der Waals surface area contributed by atoms with Crippen LogP contribution in [-0.4, -0.2) is 0 Å². The first-order chi connectivity index (χ1) is 25.3. The van der Waals surface area contributed by atoms with Gasteiger partial charge in [-0.1, -0.05) is 152 Å². The van der Waals surface area contributed by atoms with Crippen molar-refractivity contribution in [3.63, 3.8) is 0 Å². The Labute approximate surface area is 294 Å². The van der Waals surface area contributed by atoms with Crippen molar-refractivity contribution >= 4 is 75.8 Å². The molecule has 0 radical (unpaired) electrons. The van der Waals surface area contributed by atoms with Crippen molar-refractivity contribution in [2.75, 3.05) is 0 Å². The van der Waals surface area contributed by atoms with Crippen molar-refractivity contribution in [1.82, 2.24) is 0 Å². The van der Waals surface area contributed by atoms with Gasteiger partial charge in [-0.2, -0.15) is 0 Å². The molecule has 0 atom stereocenters. The molecule has 0 amide bonds. The summed E-state index contributed by atoms with van der Waals surface area (Å²) in [5.41, 5.74) is 9.20.